The highest BCUT2D eigenvalue weighted by molar-refractivity contribution is 5.96. The summed E-state index contributed by atoms with van der Waals surface area (Å²) in [7, 11) is 0. The van der Waals surface area contributed by atoms with Crippen molar-refractivity contribution in [1.82, 2.24) is 9.80 Å². The second-order valence-corrected chi connectivity index (χ2v) is 5.11. The average molecular weight is 250 g/mol. The van der Waals surface area contributed by atoms with Crippen LogP contribution >= 0.6 is 0 Å². The molecule has 1 fully saturated rings. The van der Waals surface area contributed by atoms with E-state index in [4.69, 9.17) is 11.0 Å². The molecule has 0 aromatic heterocycles. The summed E-state index contributed by atoms with van der Waals surface area (Å²) in [5, 5.41) is 8.89. The van der Waals surface area contributed by atoms with Crippen molar-refractivity contribution in [2.45, 2.75) is 26.3 Å². The fourth-order valence-corrected chi connectivity index (χ4v) is 2.24. The molecule has 0 bridgehead atoms. The first-order chi connectivity index (χ1) is 8.40. The van der Waals surface area contributed by atoms with E-state index in [1.165, 1.54) is 0 Å². The van der Waals surface area contributed by atoms with Gasteiger partial charge in [0.1, 0.15) is 11.6 Å². The molecule has 2 N–H and O–H groups in total. The average Bonchev–Trinajstić information content (AvgIpc) is 2.35. The third kappa shape index (κ3) is 3.56. The molecule has 0 unspecified atom stereocenters. The van der Waals surface area contributed by atoms with Gasteiger partial charge in [0.25, 0.3) is 5.91 Å². The molecule has 1 amide bonds. The van der Waals surface area contributed by atoms with Crippen LogP contribution in [0.3, 0.4) is 0 Å². The van der Waals surface area contributed by atoms with Crippen molar-refractivity contribution in [2.75, 3.05) is 32.7 Å². The summed E-state index contributed by atoms with van der Waals surface area (Å²) in [6.07, 6.45) is 1.68. The standard InChI is InChI=1S/C13H22N4O/c1-4-16-5-7-17(8-6-16)13(2,3)9-11(10-14)12(15)18/h9H,4-8H2,1-3H3,(H2,15,18). The van der Waals surface area contributed by atoms with Gasteiger partial charge >= 0.3 is 0 Å². The number of hydrogen-bond donors (Lipinski definition) is 1. The molecular formula is C13H22N4O. The van der Waals surface area contributed by atoms with Gasteiger partial charge in [-0.2, -0.15) is 5.26 Å². The van der Waals surface area contributed by atoms with Gasteiger partial charge in [-0.25, -0.2) is 0 Å². The maximum atomic E-state index is 11.1. The summed E-state index contributed by atoms with van der Waals surface area (Å²) in [5.74, 6) is -0.655. The topological polar surface area (TPSA) is 73.4 Å². The van der Waals surface area contributed by atoms with E-state index in [2.05, 4.69) is 16.7 Å². The molecule has 18 heavy (non-hydrogen) atoms. The van der Waals surface area contributed by atoms with Gasteiger partial charge in [0.05, 0.1) is 0 Å². The van der Waals surface area contributed by atoms with Gasteiger partial charge in [0.15, 0.2) is 0 Å². The van der Waals surface area contributed by atoms with Crippen LogP contribution in [0.25, 0.3) is 0 Å². The third-order valence-electron chi connectivity index (χ3n) is 3.52. The molecular weight excluding hydrogens is 228 g/mol. The molecule has 5 nitrogen and oxygen atoms in total. The van der Waals surface area contributed by atoms with Gasteiger partial charge in [-0.1, -0.05) is 6.92 Å². The van der Waals surface area contributed by atoms with E-state index in [1.54, 1.807) is 6.08 Å². The normalized spacial score (nSPS) is 19.6. The zero-order valence-electron chi connectivity index (χ0n) is 11.4. The highest BCUT2D eigenvalue weighted by Crippen LogP contribution is 2.20. The minimum absolute atomic E-state index is 0.0397. The molecule has 0 radical (unpaired) electrons. The van der Waals surface area contributed by atoms with Gasteiger partial charge < -0.3 is 10.6 Å². The Morgan fingerprint density at radius 2 is 1.94 bits per heavy atom. The Kier molecular flexibility index (Phi) is 4.88. The zero-order chi connectivity index (χ0) is 13.8. The van der Waals surface area contributed by atoms with Crippen molar-refractivity contribution in [3.63, 3.8) is 0 Å². The molecule has 1 rings (SSSR count). The predicted molar refractivity (Wildman–Crippen MR) is 70.7 cm³/mol. The second-order valence-electron chi connectivity index (χ2n) is 5.11. The number of carbonyl (C=O) groups excluding carboxylic acids is 1. The lowest BCUT2D eigenvalue weighted by atomic mass is 9.97. The van der Waals surface area contributed by atoms with Crippen LogP contribution in [0.15, 0.2) is 11.6 Å². The maximum absolute atomic E-state index is 11.1. The van der Waals surface area contributed by atoms with Crippen LogP contribution in [0.2, 0.25) is 0 Å². The van der Waals surface area contributed by atoms with Crippen LogP contribution in [0.4, 0.5) is 0 Å². The Morgan fingerprint density at radius 3 is 2.33 bits per heavy atom. The Hall–Kier alpha value is -1.38. The minimum atomic E-state index is -0.655. The van der Waals surface area contributed by atoms with Crippen molar-refractivity contribution >= 4 is 5.91 Å². The number of rotatable bonds is 4. The van der Waals surface area contributed by atoms with Crippen LogP contribution in [0.5, 0.6) is 0 Å². The number of nitriles is 1. The van der Waals surface area contributed by atoms with E-state index >= 15 is 0 Å². The molecule has 0 saturated carbocycles. The molecule has 1 aliphatic heterocycles. The lowest BCUT2D eigenvalue weighted by molar-refractivity contribution is -0.114. The quantitative estimate of drug-likeness (QED) is 0.577. The molecule has 100 valence electrons. The summed E-state index contributed by atoms with van der Waals surface area (Å²) in [6.45, 7) is 11.2. The van der Waals surface area contributed by atoms with Gasteiger partial charge in [-0.15, -0.1) is 0 Å². The van der Waals surface area contributed by atoms with Crippen LogP contribution in [-0.4, -0.2) is 54.0 Å². The number of amides is 1. The van der Waals surface area contributed by atoms with Crippen molar-refractivity contribution in [3.05, 3.63) is 11.6 Å². The van der Waals surface area contributed by atoms with Crippen LogP contribution in [-0.2, 0) is 4.79 Å². The minimum Gasteiger partial charge on any atom is -0.365 e. The van der Waals surface area contributed by atoms with Gasteiger partial charge in [-0.3, -0.25) is 9.69 Å². The number of nitrogens with zero attached hydrogens (tertiary/aromatic N) is 3. The molecule has 0 spiro atoms. The lowest BCUT2D eigenvalue weighted by Crippen LogP contribution is -2.54. The van der Waals surface area contributed by atoms with E-state index < -0.39 is 5.91 Å². The number of likely N-dealkylation sites (N-methyl/N-ethyl adjacent to an activating group) is 1. The smallest absolute Gasteiger partial charge is 0.259 e. The Balaban J connectivity index is 2.76. The second kappa shape index (κ2) is 5.98. The van der Waals surface area contributed by atoms with Crippen molar-refractivity contribution < 1.29 is 4.79 Å². The third-order valence-corrected chi connectivity index (χ3v) is 3.52. The molecule has 0 aliphatic carbocycles. The molecule has 1 aliphatic rings. The zero-order valence-corrected chi connectivity index (χ0v) is 11.4. The molecule has 5 heteroatoms. The van der Waals surface area contributed by atoms with Gasteiger partial charge in [-0.05, 0) is 26.5 Å². The van der Waals surface area contributed by atoms with Gasteiger partial charge in [0, 0.05) is 31.7 Å². The van der Waals surface area contributed by atoms with E-state index in [0.29, 0.717) is 0 Å². The summed E-state index contributed by atoms with van der Waals surface area (Å²) < 4.78 is 0. The molecule has 1 heterocycles. The number of nitrogens with two attached hydrogens (primary N) is 1. The summed E-state index contributed by atoms with van der Waals surface area (Å²) >= 11 is 0. The van der Waals surface area contributed by atoms with Crippen molar-refractivity contribution in [2.24, 2.45) is 5.73 Å². The van der Waals surface area contributed by atoms with Crippen molar-refractivity contribution in [1.29, 1.82) is 5.26 Å². The highest BCUT2D eigenvalue weighted by Gasteiger charge is 2.28. The molecule has 0 aromatic rings. The number of hydrogen-bond acceptors (Lipinski definition) is 4. The van der Waals surface area contributed by atoms with Crippen molar-refractivity contribution in [3.8, 4) is 6.07 Å². The summed E-state index contributed by atoms with van der Waals surface area (Å²) in [5.41, 5.74) is 4.89. The highest BCUT2D eigenvalue weighted by atomic mass is 16.1. The number of piperazine rings is 1. The summed E-state index contributed by atoms with van der Waals surface area (Å²) in [6, 6.07) is 1.87. The fourth-order valence-electron chi connectivity index (χ4n) is 2.24. The van der Waals surface area contributed by atoms with Crippen LogP contribution in [0.1, 0.15) is 20.8 Å². The molecule has 1 saturated heterocycles. The Labute approximate surface area is 109 Å². The van der Waals surface area contributed by atoms with E-state index in [-0.39, 0.29) is 11.1 Å². The van der Waals surface area contributed by atoms with E-state index in [0.717, 1.165) is 32.7 Å². The monoisotopic (exact) mass is 250 g/mol. The van der Waals surface area contributed by atoms with E-state index in [9.17, 15) is 4.79 Å². The number of carbonyl (C=O) groups is 1. The Bertz CT molecular complexity index is 373. The number of primary amides is 1. The first-order valence-electron chi connectivity index (χ1n) is 6.31. The largest absolute Gasteiger partial charge is 0.365 e. The lowest BCUT2D eigenvalue weighted by Gasteiger charge is -2.42. The first kappa shape index (κ1) is 14.7. The maximum Gasteiger partial charge on any atom is 0.259 e. The van der Waals surface area contributed by atoms with Gasteiger partial charge in [0.2, 0.25) is 0 Å². The van der Waals surface area contributed by atoms with E-state index in [1.807, 2.05) is 19.9 Å². The van der Waals surface area contributed by atoms with Crippen LogP contribution in [0, 0.1) is 11.3 Å². The fraction of sp³-hybridized carbons (Fsp3) is 0.692. The Morgan fingerprint density at radius 1 is 1.39 bits per heavy atom. The SMILES string of the molecule is CCN1CCN(C(C)(C)C=C(C#N)C(N)=O)CC1. The molecule has 0 aromatic carbocycles. The first-order valence-corrected chi connectivity index (χ1v) is 6.31. The predicted octanol–water partition coefficient (Wildman–Crippen LogP) is 0.338. The summed E-state index contributed by atoms with van der Waals surface area (Å²) in [4.78, 5) is 15.8. The molecule has 0 atom stereocenters. The van der Waals surface area contributed by atoms with Crippen LogP contribution < -0.4 is 5.73 Å².